The molecule has 0 atom stereocenters. The molecule has 134 valence electrons. The highest BCUT2D eigenvalue weighted by molar-refractivity contribution is 9.10. The van der Waals surface area contributed by atoms with E-state index in [9.17, 15) is 5.11 Å². The van der Waals surface area contributed by atoms with Crippen LogP contribution in [0.1, 0.15) is 5.56 Å². The Morgan fingerprint density at radius 3 is 2.64 bits per heavy atom. The van der Waals surface area contributed by atoms with Gasteiger partial charge >= 0.3 is 0 Å². The molecule has 9 heteroatoms. The highest BCUT2D eigenvalue weighted by Gasteiger charge is 2.21. The summed E-state index contributed by atoms with van der Waals surface area (Å²) in [5, 5.41) is 19.3. The van der Waals surface area contributed by atoms with Gasteiger partial charge in [0.25, 0.3) is 0 Å². The van der Waals surface area contributed by atoms with Gasteiger partial charge in [0.2, 0.25) is 11.0 Å². The molecule has 0 aliphatic carbocycles. The molecule has 1 aliphatic heterocycles. The summed E-state index contributed by atoms with van der Waals surface area (Å²) in [4.78, 5) is 4.61. The van der Waals surface area contributed by atoms with E-state index in [4.69, 9.17) is 18.0 Å². The lowest BCUT2D eigenvalue weighted by atomic mass is 10.2. The second-order valence-corrected chi connectivity index (χ2v) is 7.59. The minimum absolute atomic E-state index is 0.0643. The molecule has 0 spiro atoms. The molecule has 2 aromatic rings. The molecule has 2 heterocycles. The van der Waals surface area contributed by atoms with Gasteiger partial charge in [-0.2, -0.15) is 0 Å². The number of aromatic hydroxyl groups is 1. The zero-order valence-electron chi connectivity index (χ0n) is 14.2. The Hall–Kier alpha value is -1.55. The van der Waals surface area contributed by atoms with Crippen LogP contribution < -0.4 is 5.73 Å². The SMILES string of the molecule is Cc1cc2c(cc1Br)c(N=NC(N)=S)c(O)n2CN1CCN(C)CC1. The van der Waals surface area contributed by atoms with Gasteiger partial charge in [0, 0.05) is 36.0 Å². The van der Waals surface area contributed by atoms with Crippen LogP contribution in [0.4, 0.5) is 5.69 Å². The van der Waals surface area contributed by atoms with Crippen LogP contribution in [0.15, 0.2) is 26.8 Å². The molecule has 3 N–H and O–H groups in total. The Balaban J connectivity index is 2.06. The molecule has 1 saturated heterocycles. The van der Waals surface area contributed by atoms with Crippen molar-refractivity contribution in [2.75, 3.05) is 33.2 Å². The molecule has 0 saturated carbocycles. The lowest BCUT2D eigenvalue weighted by Crippen LogP contribution is -2.44. The molecule has 0 radical (unpaired) electrons. The predicted molar refractivity (Wildman–Crippen MR) is 106 cm³/mol. The average molecular weight is 425 g/mol. The van der Waals surface area contributed by atoms with Gasteiger partial charge in [-0.3, -0.25) is 9.47 Å². The van der Waals surface area contributed by atoms with Crippen molar-refractivity contribution in [1.82, 2.24) is 14.4 Å². The zero-order chi connectivity index (χ0) is 18.1. The van der Waals surface area contributed by atoms with Gasteiger partial charge in [-0.05, 0) is 43.9 Å². The molecule has 0 unspecified atom stereocenters. The van der Waals surface area contributed by atoms with Crippen LogP contribution in [0.25, 0.3) is 10.9 Å². The van der Waals surface area contributed by atoms with Crippen LogP contribution in [0.5, 0.6) is 5.88 Å². The van der Waals surface area contributed by atoms with Crippen molar-refractivity contribution < 1.29 is 5.11 Å². The first kappa shape index (κ1) is 18.2. The summed E-state index contributed by atoms with van der Waals surface area (Å²) >= 11 is 8.30. The summed E-state index contributed by atoms with van der Waals surface area (Å²) in [6.07, 6.45) is 0. The molecule has 1 fully saturated rings. The van der Waals surface area contributed by atoms with E-state index in [2.05, 4.69) is 43.0 Å². The van der Waals surface area contributed by atoms with E-state index < -0.39 is 0 Å². The number of fused-ring (bicyclic) bond motifs is 1. The molecule has 7 nitrogen and oxygen atoms in total. The fraction of sp³-hybridized carbons (Fsp3) is 0.438. The number of hydrogen-bond acceptors (Lipinski definition) is 5. The van der Waals surface area contributed by atoms with Crippen molar-refractivity contribution in [2.45, 2.75) is 13.6 Å². The summed E-state index contributed by atoms with van der Waals surface area (Å²) in [5.41, 5.74) is 7.80. The maximum Gasteiger partial charge on any atom is 0.221 e. The summed E-state index contributed by atoms with van der Waals surface area (Å²) in [6.45, 7) is 6.55. The summed E-state index contributed by atoms with van der Waals surface area (Å²) in [7, 11) is 2.12. The van der Waals surface area contributed by atoms with Crippen LogP contribution in [0, 0.1) is 6.92 Å². The van der Waals surface area contributed by atoms with Gasteiger partial charge in [0.1, 0.15) is 0 Å². The van der Waals surface area contributed by atoms with Gasteiger partial charge in [0.15, 0.2) is 5.69 Å². The summed E-state index contributed by atoms with van der Waals surface area (Å²) in [6, 6.07) is 3.98. The minimum Gasteiger partial charge on any atom is -0.493 e. The molecule has 3 rings (SSSR count). The van der Waals surface area contributed by atoms with Gasteiger partial charge in [-0.15, -0.1) is 10.2 Å². The number of aryl methyl sites for hydroxylation is 1. The number of rotatable bonds is 3. The summed E-state index contributed by atoms with van der Waals surface area (Å²) < 4.78 is 2.82. The average Bonchev–Trinajstić information content (AvgIpc) is 2.80. The van der Waals surface area contributed by atoms with E-state index in [-0.39, 0.29) is 11.0 Å². The van der Waals surface area contributed by atoms with E-state index in [0.717, 1.165) is 47.1 Å². The number of benzene rings is 1. The number of thiocarbonyl (C=S) groups is 1. The third-order valence-electron chi connectivity index (χ3n) is 4.48. The number of nitrogens with two attached hydrogens (primary N) is 1. The highest BCUT2D eigenvalue weighted by Crippen LogP contribution is 2.41. The van der Waals surface area contributed by atoms with Gasteiger partial charge < -0.3 is 15.7 Å². The first-order valence-electron chi connectivity index (χ1n) is 8.00. The number of hydrogen-bond donors (Lipinski definition) is 2. The van der Waals surface area contributed by atoms with Crippen molar-refractivity contribution in [2.24, 2.45) is 16.0 Å². The largest absolute Gasteiger partial charge is 0.493 e. The first-order valence-corrected chi connectivity index (χ1v) is 9.20. The van der Waals surface area contributed by atoms with Gasteiger partial charge in [-0.25, -0.2) is 0 Å². The van der Waals surface area contributed by atoms with Crippen molar-refractivity contribution in [3.05, 3.63) is 22.2 Å². The smallest absolute Gasteiger partial charge is 0.221 e. The molecular formula is C16H21BrN6OS. The third kappa shape index (κ3) is 3.84. The Bertz CT molecular complexity index is 841. The number of aromatic nitrogens is 1. The van der Waals surface area contributed by atoms with Crippen molar-refractivity contribution in [1.29, 1.82) is 0 Å². The lowest BCUT2D eigenvalue weighted by Gasteiger charge is -2.32. The monoisotopic (exact) mass is 424 g/mol. The Morgan fingerprint density at radius 1 is 1.32 bits per heavy atom. The molecule has 1 aromatic carbocycles. The van der Waals surface area contributed by atoms with Gasteiger partial charge in [0.05, 0.1) is 12.2 Å². The van der Waals surface area contributed by atoms with Crippen molar-refractivity contribution in [3.63, 3.8) is 0 Å². The predicted octanol–water partition coefficient (Wildman–Crippen LogP) is 2.95. The van der Waals surface area contributed by atoms with Crippen molar-refractivity contribution >= 4 is 49.9 Å². The molecule has 0 amide bonds. The van der Waals surface area contributed by atoms with E-state index in [1.807, 2.05) is 23.6 Å². The quantitative estimate of drug-likeness (QED) is 0.584. The number of likely N-dealkylation sites (N-methyl/N-ethyl adjacent to an activating group) is 1. The van der Waals surface area contributed by atoms with E-state index >= 15 is 0 Å². The second-order valence-electron chi connectivity index (χ2n) is 6.32. The van der Waals surface area contributed by atoms with Gasteiger partial charge in [-0.1, -0.05) is 15.9 Å². The fourth-order valence-electron chi connectivity index (χ4n) is 2.97. The zero-order valence-corrected chi connectivity index (χ0v) is 16.6. The van der Waals surface area contributed by atoms with Crippen LogP contribution in [-0.2, 0) is 6.67 Å². The second kappa shape index (κ2) is 7.36. The van der Waals surface area contributed by atoms with E-state index in [1.165, 1.54) is 0 Å². The maximum absolute atomic E-state index is 10.8. The molecular weight excluding hydrogens is 404 g/mol. The minimum atomic E-state index is -0.0643. The maximum atomic E-state index is 10.8. The van der Waals surface area contributed by atoms with Crippen molar-refractivity contribution in [3.8, 4) is 5.88 Å². The first-order chi connectivity index (χ1) is 11.9. The van der Waals surface area contributed by atoms with E-state index in [0.29, 0.717) is 12.4 Å². The number of piperazine rings is 1. The van der Waals surface area contributed by atoms with Crippen LogP contribution >= 0.6 is 28.1 Å². The molecule has 1 aromatic heterocycles. The van der Waals surface area contributed by atoms with Crippen LogP contribution in [-0.4, -0.2) is 57.8 Å². The number of halogens is 1. The third-order valence-corrected chi connectivity index (χ3v) is 5.41. The Morgan fingerprint density at radius 2 is 2.00 bits per heavy atom. The van der Waals surface area contributed by atoms with Crippen LogP contribution in [0.3, 0.4) is 0 Å². The normalized spacial score (nSPS) is 16.9. The van der Waals surface area contributed by atoms with E-state index in [1.54, 1.807) is 0 Å². The van der Waals surface area contributed by atoms with Crippen LogP contribution in [0.2, 0.25) is 0 Å². The topological polar surface area (TPSA) is 82.4 Å². The fourth-order valence-corrected chi connectivity index (χ4v) is 3.36. The Kier molecular flexibility index (Phi) is 5.38. The number of azo groups is 1. The molecule has 0 bridgehead atoms. The number of nitrogens with zero attached hydrogens (tertiary/aromatic N) is 5. The molecule has 1 aliphatic rings. The lowest BCUT2D eigenvalue weighted by molar-refractivity contribution is 0.123. The standard InChI is InChI=1S/C16H21BrN6OS/c1-10-7-13-11(8-12(10)17)14(19-20-16(18)25)15(24)23(13)9-22-5-3-21(2)4-6-22/h7-8,24H,3-6,9H2,1-2H3,(H2,18,25). The summed E-state index contributed by atoms with van der Waals surface area (Å²) in [5.74, 6) is 0.0754. The molecule has 25 heavy (non-hydrogen) atoms. The highest BCUT2D eigenvalue weighted by atomic mass is 79.9. The Labute approximate surface area is 160 Å².